The van der Waals surface area contributed by atoms with Crippen LogP contribution in [0.5, 0.6) is 0 Å². The molecule has 0 atom stereocenters. The molecule has 0 saturated heterocycles. The van der Waals surface area contributed by atoms with Gasteiger partial charge in [0.15, 0.2) is 5.03 Å². The second-order valence-corrected chi connectivity index (χ2v) is 7.72. The Bertz CT molecular complexity index is 898. The fraction of sp³-hybridized carbons (Fsp3) is 0.0625. The maximum absolute atomic E-state index is 12.6. The maximum Gasteiger partial charge on any atom is 0.225 e. The van der Waals surface area contributed by atoms with Gasteiger partial charge >= 0.3 is 0 Å². The molecule has 0 radical (unpaired) electrons. The van der Waals surface area contributed by atoms with Crippen LogP contribution in [0.2, 0.25) is 0 Å². The van der Waals surface area contributed by atoms with E-state index in [-0.39, 0.29) is 9.92 Å². The Morgan fingerprint density at radius 1 is 1.00 bits per heavy atom. The van der Waals surface area contributed by atoms with Crippen LogP contribution in [0.3, 0.4) is 0 Å². The smallest absolute Gasteiger partial charge is 0.225 e. The summed E-state index contributed by atoms with van der Waals surface area (Å²) in [5.41, 5.74) is 1.86. The largest absolute Gasteiger partial charge is 0.305 e. The van der Waals surface area contributed by atoms with Crippen molar-refractivity contribution in [3.05, 3.63) is 71.1 Å². The second kappa shape index (κ2) is 5.70. The molecule has 3 aromatic rings. The number of nitrogens with zero attached hydrogens (tertiary/aromatic N) is 2. The maximum atomic E-state index is 12.6. The van der Waals surface area contributed by atoms with Crippen LogP contribution in [0, 0.1) is 6.92 Å². The van der Waals surface area contributed by atoms with Crippen molar-refractivity contribution in [3.8, 4) is 5.69 Å². The monoisotopic (exact) mass is 376 g/mol. The lowest BCUT2D eigenvalue weighted by atomic mass is 10.2. The number of hydrogen-bond donors (Lipinski definition) is 0. The molecule has 0 spiro atoms. The van der Waals surface area contributed by atoms with Crippen molar-refractivity contribution in [2.24, 2.45) is 0 Å². The highest BCUT2D eigenvalue weighted by molar-refractivity contribution is 9.10. The topological polar surface area (TPSA) is 52.0 Å². The van der Waals surface area contributed by atoms with Gasteiger partial charge in [0.25, 0.3) is 0 Å². The van der Waals surface area contributed by atoms with Crippen LogP contribution in [-0.2, 0) is 9.84 Å². The highest BCUT2D eigenvalue weighted by Crippen LogP contribution is 2.21. The highest BCUT2D eigenvalue weighted by atomic mass is 79.9. The van der Waals surface area contributed by atoms with E-state index < -0.39 is 9.84 Å². The first kappa shape index (κ1) is 15.0. The Kier molecular flexibility index (Phi) is 3.88. The lowest BCUT2D eigenvalue weighted by molar-refractivity contribution is 0.593. The van der Waals surface area contributed by atoms with Crippen LogP contribution < -0.4 is 0 Å². The zero-order chi connectivity index (χ0) is 15.7. The summed E-state index contributed by atoms with van der Waals surface area (Å²) in [4.78, 5) is 4.30. The normalized spacial score (nSPS) is 11.5. The minimum absolute atomic E-state index is 0.0410. The number of aromatic nitrogens is 2. The molecule has 1 heterocycles. The molecule has 22 heavy (non-hydrogen) atoms. The SMILES string of the molecule is Cc1ccc(S(=O)(=O)c2cn(-c3ccc(Br)cc3)cn2)cc1. The number of rotatable bonds is 3. The number of imidazole rings is 1. The van der Waals surface area contributed by atoms with Crippen LogP contribution >= 0.6 is 15.9 Å². The van der Waals surface area contributed by atoms with E-state index in [4.69, 9.17) is 0 Å². The molecule has 2 aromatic carbocycles. The molecule has 0 saturated carbocycles. The van der Waals surface area contributed by atoms with Gasteiger partial charge in [-0.3, -0.25) is 0 Å². The Labute approximate surface area is 137 Å². The predicted octanol–water partition coefficient (Wildman–Crippen LogP) is 3.78. The van der Waals surface area contributed by atoms with Crippen molar-refractivity contribution in [3.63, 3.8) is 0 Å². The first-order valence-corrected chi connectivity index (χ1v) is 8.86. The van der Waals surface area contributed by atoms with E-state index >= 15 is 0 Å². The van der Waals surface area contributed by atoms with Crippen molar-refractivity contribution in [2.75, 3.05) is 0 Å². The Morgan fingerprint density at radius 2 is 1.64 bits per heavy atom. The van der Waals surface area contributed by atoms with E-state index in [1.807, 2.05) is 31.2 Å². The summed E-state index contributed by atoms with van der Waals surface area (Å²) >= 11 is 3.37. The van der Waals surface area contributed by atoms with Gasteiger partial charge in [-0.25, -0.2) is 13.4 Å². The quantitative estimate of drug-likeness (QED) is 0.698. The lowest BCUT2D eigenvalue weighted by Crippen LogP contribution is -2.02. The van der Waals surface area contributed by atoms with E-state index in [0.29, 0.717) is 0 Å². The van der Waals surface area contributed by atoms with Gasteiger partial charge in [0.2, 0.25) is 9.84 Å². The summed E-state index contributed by atoms with van der Waals surface area (Å²) in [6.07, 6.45) is 3.03. The summed E-state index contributed by atoms with van der Waals surface area (Å²) in [6.45, 7) is 1.92. The third-order valence-corrected chi connectivity index (χ3v) is 5.47. The van der Waals surface area contributed by atoms with Gasteiger partial charge in [-0.15, -0.1) is 0 Å². The minimum atomic E-state index is -3.59. The lowest BCUT2D eigenvalue weighted by Gasteiger charge is -2.02. The number of hydrogen-bond acceptors (Lipinski definition) is 3. The van der Waals surface area contributed by atoms with E-state index in [2.05, 4.69) is 20.9 Å². The van der Waals surface area contributed by atoms with Crippen LogP contribution in [0.15, 0.2) is 75.4 Å². The van der Waals surface area contributed by atoms with E-state index in [1.165, 1.54) is 12.5 Å². The molecule has 0 unspecified atom stereocenters. The highest BCUT2D eigenvalue weighted by Gasteiger charge is 2.20. The molecule has 0 aliphatic rings. The molecule has 3 rings (SSSR count). The summed E-state index contributed by atoms with van der Waals surface area (Å²) in [7, 11) is -3.59. The minimum Gasteiger partial charge on any atom is -0.305 e. The molecular weight excluding hydrogens is 364 g/mol. The van der Waals surface area contributed by atoms with Crippen LogP contribution in [0.4, 0.5) is 0 Å². The molecule has 0 fully saturated rings. The van der Waals surface area contributed by atoms with Gasteiger partial charge in [-0.2, -0.15) is 0 Å². The number of aryl methyl sites for hydroxylation is 1. The molecular formula is C16H13BrN2O2S. The number of sulfone groups is 1. The Hall–Kier alpha value is -1.92. The zero-order valence-electron chi connectivity index (χ0n) is 11.8. The molecule has 0 aliphatic heterocycles. The molecule has 112 valence electrons. The van der Waals surface area contributed by atoms with E-state index in [0.717, 1.165) is 15.7 Å². The van der Waals surface area contributed by atoms with Gasteiger partial charge in [0, 0.05) is 16.4 Å². The molecule has 6 heteroatoms. The fourth-order valence-corrected chi connectivity index (χ4v) is 3.47. The molecule has 0 aliphatic carbocycles. The van der Waals surface area contributed by atoms with Gasteiger partial charge in [-0.1, -0.05) is 33.6 Å². The number of benzene rings is 2. The van der Waals surface area contributed by atoms with E-state index in [9.17, 15) is 8.42 Å². The van der Waals surface area contributed by atoms with Crippen molar-refractivity contribution in [1.82, 2.24) is 9.55 Å². The third kappa shape index (κ3) is 2.84. The van der Waals surface area contributed by atoms with Gasteiger partial charge in [0.1, 0.15) is 6.33 Å². The molecule has 0 N–H and O–H groups in total. The second-order valence-electron chi connectivity index (χ2n) is 4.91. The fourth-order valence-electron chi connectivity index (χ4n) is 2.04. The van der Waals surface area contributed by atoms with E-state index in [1.54, 1.807) is 28.8 Å². The standard InChI is InChI=1S/C16H13BrN2O2S/c1-12-2-8-15(9-3-12)22(20,21)16-10-19(11-18-16)14-6-4-13(17)5-7-14/h2-11H,1H3. The molecule has 0 bridgehead atoms. The average Bonchev–Trinajstić information content (AvgIpc) is 2.99. The molecule has 4 nitrogen and oxygen atoms in total. The van der Waals surface area contributed by atoms with Gasteiger partial charge in [-0.05, 0) is 43.3 Å². The van der Waals surface area contributed by atoms with Crippen molar-refractivity contribution < 1.29 is 8.42 Å². The number of halogens is 1. The third-order valence-electron chi connectivity index (χ3n) is 3.29. The van der Waals surface area contributed by atoms with Crippen LogP contribution in [0.25, 0.3) is 5.69 Å². The van der Waals surface area contributed by atoms with Crippen molar-refractivity contribution >= 4 is 25.8 Å². The van der Waals surface area contributed by atoms with Crippen molar-refractivity contribution in [2.45, 2.75) is 16.8 Å². The Morgan fingerprint density at radius 3 is 2.27 bits per heavy atom. The average molecular weight is 377 g/mol. The van der Waals surface area contributed by atoms with Crippen LogP contribution in [-0.4, -0.2) is 18.0 Å². The van der Waals surface area contributed by atoms with Crippen molar-refractivity contribution in [1.29, 1.82) is 0 Å². The first-order chi connectivity index (χ1) is 10.5. The Balaban J connectivity index is 1.99. The van der Waals surface area contributed by atoms with Gasteiger partial charge in [0.05, 0.1) is 4.90 Å². The van der Waals surface area contributed by atoms with Crippen LogP contribution in [0.1, 0.15) is 5.56 Å². The zero-order valence-corrected chi connectivity index (χ0v) is 14.2. The first-order valence-electron chi connectivity index (χ1n) is 6.58. The molecule has 0 amide bonds. The summed E-state index contributed by atoms with van der Waals surface area (Å²) < 4.78 is 27.8. The van der Waals surface area contributed by atoms with Gasteiger partial charge < -0.3 is 4.57 Å². The summed E-state index contributed by atoms with van der Waals surface area (Å²) in [5, 5.41) is 0.0410. The summed E-state index contributed by atoms with van der Waals surface area (Å²) in [6, 6.07) is 14.3. The predicted molar refractivity (Wildman–Crippen MR) is 87.9 cm³/mol. The molecule has 1 aromatic heterocycles. The summed E-state index contributed by atoms with van der Waals surface area (Å²) in [5.74, 6) is 0.